The highest BCUT2D eigenvalue weighted by molar-refractivity contribution is 6.31. The van der Waals surface area contributed by atoms with E-state index in [0.29, 0.717) is 16.8 Å². The van der Waals surface area contributed by atoms with Crippen LogP contribution in [-0.4, -0.2) is 19.3 Å². The third kappa shape index (κ3) is 4.92. The first-order valence-electron chi connectivity index (χ1n) is 6.74. The Kier molecular flexibility index (Phi) is 6.46. The molecule has 1 rings (SSSR count). The molecule has 0 aromatic heterocycles. The topological polar surface area (TPSA) is 30.5 Å². The van der Waals surface area contributed by atoms with Crippen molar-refractivity contribution in [2.75, 3.05) is 7.11 Å². The fourth-order valence-corrected chi connectivity index (χ4v) is 1.87. The summed E-state index contributed by atoms with van der Waals surface area (Å²) in [7, 11) is 1.64. The normalized spacial score (nSPS) is 12.6. The van der Waals surface area contributed by atoms with Crippen molar-refractivity contribution in [1.29, 1.82) is 0 Å². The van der Waals surface area contributed by atoms with E-state index in [1.54, 1.807) is 7.11 Å². The Morgan fingerprint density at radius 1 is 1.21 bits per heavy atom. The van der Waals surface area contributed by atoms with Gasteiger partial charge in [-0.05, 0) is 38.8 Å². The minimum Gasteiger partial charge on any atom is -0.493 e. The van der Waals surface area contributed by atoms with E-state index in [4.69, 9.17) is 21.1 Å². The van der Waals surface area contributed by atoms with E-state index in [1.165, 1.54) is 0 Å². The molecule has 4 heteroatoms. The van der Waals surface area contributed by atoms with Gasteiger partial charge in [-0.2, -0.15) is 0 Å². The van der Waals surface area contributed by atoms with Crippen LogP contribution in [-0.2, 0) is 6.54 Å². The van der Waals surface area contributed by atoms with Gasteiger partial charge in [0.05, 0.1) is 13.2 Å². The number of methoxy groups -OCH3 is 1. The maximum Gasteiger partial charge on any atom is 0.163 e. The summed E-state index contributed by atoms with van der Waals surface area (Å²) in [5.41, 5.74) is 1.02. The minimum absolute atomic E-state index is 0.0917. The molecule has 108 valence electrons. The molecule has 1 unspecified atom stereocenters. The first-order chi connectivity index (χ1) is 8.97. The number of nitrogens with one attached hydrogen (secondary N) is 1. The van der Waals surface area contributed by atoms with E-state index in [0.717, 1.165) is 24.3 Å². The number of hydrogen-bond donors (Lipinski definition) is 1. The molecular formula is C15H24ClNO2. The van der Waals surface area contributed by atoms with E-state index >= 15 is 0 Å². The quantitative estimate of drug-likeness (QED) is 0.821. The molecule has 0 aliphatic heterocycles. The summed E-state index contributed by atoms with van der Waals surface area (Å²) in [4.78, 5) is 0. The zero-order valence-corrected chi connectivity index (χ0v) is 13.2. The predicted octanol–water partition coefficient (Wildman–Crippen LogP) is 4.02. The van der Waals surface area contributed by atoms with E-state index < -0.39 is 0 Å². The fourth-order valence-electron chi connectivity index (χ4n) is 1.65. The van der Waals surface area contributed by atoms with Gasteiger partial charge in [-0.15, -0.1) is 0 Å². The van der Waals surface area contributed by atoms with Gasteiger partial charge in [-0.1, -0.05) is 18.5 Å². The van der Waals surface area contributed by atoms with Crippen molar-refractivity contribution < 1.29 is 9.47 Å². The predicted molar refractivity (Wildman–Crippen MR) is 80.4 cm³/mol. The third-order valence-corrected chi connectivity index (χ3v) is 3.30. The van der Waals surface area contributed by atoms with Crippen LogP contribution >= 0.6 is 11.6 Å². The highest BCUT2D eigenvalue weighted by Gasteiger charge is 2.12. The molecule has 0 bridgehead atoms. The van der Waals surface area contributed by atoms with Gasteiger partial charge in [0.15, 0.2) is 11.5 Å². The second-order valence-corrected chi connectivity index (χ2v) is 5.36. The van der Waals surface area contributed by atoms with Crippen LogP contribution in [0.5, 0.6) is 11.5 Å². The lowest BCUT2D eigenvalue weighted by atomic mass is 10.1. The van der Waals surface area contributed by atoms with Gasteiger partial charge in [0, 0.05) is 23.7 Å². The summed E-state index contributed by atoms with van der Waals surface area (Å²) in [6.07, 6.45) is 1.18. The van der Waals surface area contributed by atoms with Crippen molar-refractivity contribution in [3.63, 3.8) is 0 Å². The van der Waals surface area contributed by atoms with E-state index in [1.807, 2.05) is 26.0 Å². The highest BCUT2D eigenvalue weighted by Crippen LogP contribution is 2.34. The Balaban J connectivity index is 2.89. The van der Waals surface area contributed by atoms with Crippen LogP contribution in [0.4, 0.5) is 0 Å². The zero-order valence-electron chi connectivity index (χ0n) is 12.4. The van der Waals surface area contributed by atoms with Gasteiger partial charge in [-0.3, -0.25) is 0 Å². The maximum absolute atomic E-state index is 6.29. The van der Waals surface area contributed by atoms with Gasteiger partial charge in [-0.25, -0.2) is 0 Å². The smallest absolute Gasteiger partial charge is 0.163 e. The first kappa shape index (κ1) is 16.1. The number of halogens is 1. The Morgan fingerprint density at radius 3 is 2.42 bits per heavy atom. The lowest BCUT2D eigenvalue weighted by Gasteiger charge is -2.17. The Bertz CT molecular complexity index is 407. The standard InChI is InChI=1S/C15H24ClNO2/c1-6-11(4)17-9-12-7-14(18-5)15(8-13(12)16)19-10(2)3/h7-8,10-11,17H,6,9H2,1-5H3. The third-order valence-electron chi connectivity index (χ3n) is 2.95. The maximum atomic E-state index is 6.29. The summed E-state index contributed by atoms with van der Waals surface area (Å²) in [5, 5.41) is 4.12. The second-order valence-electron chi connectivity index (χ2n) is 4.95. The number of benzene rings is 1. The molecule has 0 aliphatic rings. The molecule has 19 heavy (non-hydrogen) atoms. The molecule has 1 aromatic rings. The first-order valence-corrected chi connectivity index (χ1v) is 7.12. The SMILES string of the molecule is CCC(C)NCc1cc(OC)c(OC(C)C)cc1Cl. The average Bonchev–Trinajstić information content (AvgIpc) is 2.36. The zero-order chi connectivity index (χ0) is 14.4. The van der Waals surface area contributed by atoms with Crippen LogP contribution in [0.25, 0.3) is 0 Å². The Morgan fingerprint density at radius 2 is 1.89 bits per heavy atom. The highest BCUT2D eigenvalue weighted by atomic mass is 35.5. The largest absolute Gasteiger partial charge is 0.493 e. The van der Waals surface area contributed by atoms with Gasteiger partial charge in [0.2, 0.25) is 0 Å². The summed E-state index contributed by atoms with van der Waals surface area (Å²) in [6.45, 7) is 8.99. The monoisotopic (exact) mass is 285 g/mol. The van der Waals surface area contributed by atoms with Crippen LogP contribution in [0.1, 0.15) is 39.7 Å². The molecule has 0 fully saturated rings. The average molecular weight is 286 g/mol. The van der Waals surface area contributed by atoms with Crippen molar-refractivity contribution in [2.24, 2.45) is 0 Å². The number of rotatable bonds is 7. The van der Waals surface area contributed by atoms with Crippen LogP contribution in [0.2, 0.25) is 5.02 Å². The summed E-state index contributed by atoms with van der Waals surface area (Å²) in [5.74, 6) is 1.41. The summed E-state index contributed by atoms with van der Waals surface area (Å²) < 4.78 is 11.1. The summed E-state index contributed by atoms with van der Waals surface area (Å²) >= 11 is 6.29. The molecule has 1 atom stereocenters. The van der Waals surface area contributed by atoms with Crippen molar-refractivity contribution in [3.05, 3.63) is 22.7 Å². The van der Waals surface area contributed by atoms with Crippen LogP contribution in [0, 0.1) is 0 Å². The van der Waals surface area contributed by atoms with Gasteiger partial charge in [0.25, 0.3) is 0 Å². The van der Waals surface area contributed by atoms with E-state index in [2.05, 4.69) is 19.2 Å². The van der Waals surface area contributed by atoms with Crippen LogP contribution < -0.4 is 14.8 Å². The second kappa shape index (κ2) is 7.61. The molecule has 0 saturated carbocycles. The summed E-state index contributed by atoms with van der Waals surface area (Å²) in [6, 6.07) is 4.23. The van der Waals surface area contributed by atoms with E-state index in [9.17, 15) is 0 Å². The van der Waals surface area contributed by atoms with Crippen molar-refractivity contribution >= 4 is 11.6 Å². The molecular weight excluding hydrogens is 262 g/mol. The van der Waals surface area contributed by atoms with Crippen LogP contribution in [0.3, 0.4) is 0 Å². The number of hydrogen-bond acceptors (Lipinski definition) is 3. The van der Waals surface area contributed by atoms with Crippen molar-refractivity contribution in [3.8, 4) is 11.5 Å². The van der Waals surface area contributed by atoms with Gasteiger partial charge < -0.3 is 14.8 Å². The van der Waals surface area contributed by atoms with Gasteiger partial charge in [0.1, 0.15) is 0 Å². The molecule has 3 nitrogen and oxygen atoms in total. The lowest BCUT2D eigenvalue weighted by molar-refractivity contribution is 0.230. The molecule has 1 aromatic carbocycles. The molecule has 0 heterocycles. The van der Waals surface area contributed by atoms with E-state index in [-0.39, 0.29) is 6.10 Å². The minimum atomic E-state index is 0.0917. The molecule has 1 N–H and O–H groups in total. The molecule has 0 amide bonds. The molecule has 0 saturated heterocycles. The Labute approximate surface area is 121 Å². The Hall–Kier alpha value is -0.930. The number of ether oxygens (including phenoxy) is 2. The molecule has 0 spiro atoms. The molecule has 0 aliphatic carbocycles. The van der Waals surface area contributed by atoms with Crippen molar-refractivity contribution in [1.82, 2.24) is 5.32 Å². The molecule has 0 radical (unpaired) electrons. The fraction of sp³-hybridized carbons (Fsp3) is 0.600. The lowest BCUT2D eigenvalue weighted by Crippen LogP contribution is -2.24. The van der Waals surface area contributed by atoms with Gasteiger partial charge >= 0.3 is 0 Å². The van der Waals surface area contributed by atoms with Crippen molar-refractivity contribution in [2.45, 2.75) is 52.8 Å². The van der Waals surface area contributed by atoms with Crippen LogP contribution in [0.15, 0.2) is 12.1 Å².